The normalized spacial score (nSPS) is 10.2. The zero-order valence-corrected chi connectivity index (χ0v) is 14.7. The Morgan fingerprint density at radius 3 is 2.42 bits per heavy atom. The highest BCUT2D eigenvalue weighted by Crippen LogP contribution is 2.19. The van der Waals surface area contributed by atoms with Gasteiger partial charge in [0.05, 0.1) is 5.56 Å². The molecule has 1 aromatic heterocycles. The van der Waals surface area contributed by atoms with Crippen molar-refractivity contribution in [2.75, 3.05) is 10.6 Å². The van der Waals surface area contributed by atoms with E-state index in [1.54, 1.807) is 18.3 Å². The number of hydrogen-bond acceptors (Lipinski definition) is 3. The van der Waals surface area contributed by atoms with Crippen LogP contribution in [0.4, 0.5) is 17.2 Å². The quantitative estimate of drug-likeness (QED) is 0.656. The van der Waals surface area contributed by atoms with Gasteiger partial charge in [0.15, 0.2) is 0 Å². The lowest BCUT2D eigenvalue weighted by atomic mass is 10.2. The van der Waals surface area contributed by atoms with Gasteiger partial charge in [-0.25, -0.2) is 4.98 Å². The lowest BCUT2D eigenvalue weighted by molar-refractivity contribution is 0.102. The summed E-state index contributed by atoms with van der Waals surface area (Å²) in [6.07, 6.45) is 1.56. The molecule has 0 radical (unpaired) electrons. The first-order chi connectivity index (χ1) is 11.6. The molecule has 0 aliphatic heterocycles. The third kappa shape index (κ3) is 4.00. The molecule has 1 heterocycles. The van der Waals surface area contributed by atoms with Crippen LogP contribution in [0.5, 0.6) is 0 Å². The monoisotopic (exact) mass is 381 g/mol. The fourth-order valence-corrected chi connectivity index (χ4v) is 2.46. The molecule has 3 aromatic rings. The Morgan fingerprint density at radius 1 is 1.00 bits per heavy atom. The van der Waals surface area contributed by atoms with Crippen LogP contribution in [-0.4, -0.2) is 10.9 Å². The summed E-state index contributed by atoms with van der Waals surface area (Å²) in [6, 6.07) is 19.0. The van der Waals surface area contributed by atoms with E-state index in [1.165, 1.54) is 0 Å². The lowest BCUT2D eigenvalue weighted by Crippen LogP contribution is -2.13. The third-order valence-corrected chi connectivity index (χ3v) is 4.06. The molecular weight excluding hydrogens is 366 g/mol. The van der Waals surface area contributed by atoms with Crippen LogP contribution >= 0.6 is 15.9 Å². The second-order valence-electron chi connectivity index (χ2n) is 5.33. The predicted octanol–water partition coefficient (Wildman–Crippen LogP) is 5.15. The molecule has 4 nitrogen and oxygen atoms in total. The molecule has 3 rings (SSSR count). The number of nitrogens with one attached hydrogen (secondary N) is 2. The number of pyridine rings is 1. The van der Waals surface area contributed by atoms with Crippen molar-refractivity contribution in [2.45, 2.75) is 6.92 Å². The molecule has 0 aliphatic carbocycles. The van der Waals surface area contributed by atoms with Crippen molar-refractivity contribution in [2.24, 2.45) is 0 Å². The van der Waals surface area contributed by atoms with Crippen LogP contribution in [0.15, 0.2) is 71.3 Å². The highest BCUT2D eigenvalue weighted by molar-refractivity contribution is 9.10. The number of hydrogen-bond donors (Lipinski definition) is 2. The van der Waals surface area contributed by atoms with Crippen molar-refractivity contribution in [3.05, 3.63) is 82.5 Å². The average molecular weight is 382 g/mol. The van der Waals surface area contributed by atoms with Gasteiger partial charge in [-0.3, -0.25) is 4.79 Å². The molecule has 120 valence electrons. The largest absolute Gasteiger partial charge is 0.340 e. The number of benzene rings is 2. The Bertz CT molecular complexity index is 845. The Kier molecular flexibility index (Phi) is 4.91. The van der Waals surface area contributed by atoms with Crippen molar-refractivity contribution < 1.29 is 4.79 Å². The van der Waals surface area contributed by atoms with Gasteiger partial charge in [-0.2, -0.15) is 0 Å². The molecule has 0 unspecified atom stereocenters. The molecule has 2 aromatic carbocycles. The van der Waals surface area contributed by atoms with Crippen LogP contribution in [0.1, 0.15) is 15.9 Å². The van der Waals surface area contributed by atoms with Gasteiger partial charge >= 0.3 is 0 Å². The number of nitrogens with zero attached hydrogens (tertiary/aromatic N) is 1. The van der Waals surface area contributed by atoms with Gasteiger partial charge in [0, 0.05) is 22.0 Å². The minimum absolute atomic E-state index is 0.174. The first-order valence-corrected chi connectivity index (χ1v) is 8.27. The molecule has 0 saturated carbocycles. The van der Waals surface area contributed by atoms with E-state index in [9.17, 15) is 4.79 Å². The van der Waals surface area contributed by atoms with Crippen LogP contribution in [-0.2, 0) is 0 Å². The van der Waals surface area contributed by atoms with Crippen molar-refractivity contribution in [1.29, 1.82) is 0 Å². The zero-order valence-electron chi connectivity index (χ0n) is 13.1. The molecule has 1 amide bonds. The Hall–Kier alpha value is -2.66. The Balaban J connectivity index is 1.68. The van der Waals surface area contributed by atoms with Crippen molar-refractivity contribution in [1.82, 2.24) is 4.98 Å². The van der Waals surface area contributed by atoms with Crippen LogP contribution < -0.4 is 10.6 Å². The van der Waals surface area contributed by atoms with Gasteiger partial charge < -0.3 is 10.6 Å². The third-order valence-electron chi connectivity index (χ3n) is 3.54. The fraction of sp³-hybridized carbons (Fsp3) is 0.0526. The summed E-state index contributed by atoms with van der Waals surface area (Å²) in [5, 5.41) is 6.09. The number of aryl methyl sites for hydroxylation is 1. The van der Waals surface area contributed by atoms with E-state index in [1.807, 2.05) is 55.5 Å². The van der Waals surface area contributed by atoms with E-state index in [4.69, 9.17) is 0 Å². The van der Waals surface area contributed by atoms with Gasteiger partial charge in [-0.15, -0.1) is 0 Å². The van der Waals surface area contributed by atoms with Gasteiger partial charge in [0.1, 0.15) is 5.82 Å². The Labute approximate surface area is 149 Å². The molecule has 0 aliphatic rings. The van der Waals surface area contributed by atoms with Crippen LogP contribution in [0, 0.1) is 6.92 Å². The van der Waals surface area contributed by atoms with E-state index in [2.05, 4.69) is 31.5 Å². The molecule has 0 atom stereocenters. The summed E-state index contributed by atoms with van der Waals surface area (Å²) in [7, 11) is 0. The summed E-state index contributed by atoms with van der Waals surface area (Å²) in [4.78, 5) is 16.6. The first kappa shape index (κ1) is 16.2. The van der Waals surface area contributed by atoms with Crippen molar-refractivity contribution >= 4 is 39.0 Å². The number of carbonyl (C=O) groups excluding carboxylic acids is 1. The van der Waals surface area contributed by atoms with Crippen LogP contribution in [0.25, 0.3) is 0 Å². The Morgan fingerprint density at radius 2 is 1.75 bits per heavy atom. The molecule has 5 heteroatoms. The number of anilines is 3. The topological polar surface area (TPSA) is 54.0 Å². The molecule has 0 bridgehead atoms. The van der Waals surface area contributed by atoms with Crippen molar-refractivity contribution in [3.8, 4) is 0 Å². The molecule has 0 spiro atoms. The first-order valence-electron chi connectivity index (χ1n) is 7.47. The standard InChI is InChI=1S/C19H16BrN3O/c1-13-4-2-3-5-17(13)23-19(24)14-6-11-18(21-12-14)22-16-9-7-15(20)8-10-16/h2-12H,1H3,(H,21,22)(H,23,24). The number of amides is 1. The van der Waals surface area contributed by atoms with Gasteiger partial charge in [0.25, 0.3) is 5.91 Å². The smallest absolute Gasteiger partial charge is 0.257 e. The van der Waals surface area contributed by atoms with Crippen LogP contribution in [0.3, 0.4) is 0 Å². The summed E-state index contributed by atoms with van der Waals surface area (Å²) < 4.78 is 1.02. The SMILES string of the molecule is Cc1ccccc1NC(=O)c1ccc(Nc2ccc(Br)cc2)nc1. The summed E-state index contributed by atoms with van der Waals surface area (Å²) in [6.45, 7) is 1.96. The summed E-state index contributed by atoms with van der Waals surface area (Å²) >= 11 is 3.40. The highest BCUT2D eigenvalue weighted by Gasteiger charge is 2.08. The second-order valence-corrected chi connectivity index (χ2v) is 6.25. The van der Waals surface area contributed by atoms with E-state index in [0.29, 0.717) is 11.4 Å². The summed E-state index contributed by atoms with van der Waals surface area (Å²) in [5.41, 5.74) is 3.27. The van der Waals surface area contributed by atoms with Gasteiger partial charge in [-0.05, 0) is 55.0 Å². The van der Waals surface area contributed by atoms with E-state index >= 15 is 0 Å². The average Bonchev–Trinajstić information content (AvgIpc) is 2.59. The number of rotatable bonds is 4. The summed E-state index contributed by atoms with van der Waals surface area (Å²) in [5.74, 6) is 0.511. The number of halogens is 1. The number of para-hydroxylation sites is 1. The van der Waals surface area contributed by atoms with Gasteiger partial charge in [0.2, 0.25) is 0 Å². The zero-order chi connectivity index (χ0) is 16.9. The maximum Gasteiger partial charge on any atom is 0.257 e. The van der Waals surface area contributed by atoms with E-state index in [0.717, 1.165) is 21.4 Å². The minimum Gasteiger partial charge on any atom is -0.340 e. The number of aromatic nitrogens is 1. The lowest BCUT2D eigenvalue weighted by Gasteiger charge is -2.09. The maximum absolute atomic E-state index is 12.3. The molecule has 24 heavy (non-hydrogen) atoms. The highest BCUT2D eigenvalue weighted by atomic mass is 79.9. The van der Waals surface area contributed by atoms with Gasteiger partial charge in [-0.1, -0.05) is 34.1 Å². The molecule has 2 N–H and O–H groups in total. The molecular formula is C19H16BrN3O. The van der Waals surface area contributed by atoms with E-state index < -0.39 is 0 Å². The van der Waals surface area contributed by atoms with Crippen LogP contribution in [0.2, 0.25) is 0 Å². The second kappa shape index (κ2) is 7.27. The fourth-order valence-electron chi connectivity index (χ4n) is 2.19. The van der Waals surface area contributed by atoms with E-state index in [-0.39, 0.29) is 5.91 Å². The predicted molar refractivity (Wildman–Crippen MR) is 101 cm³/mol. The molecule has 0 saturated heterocycles. The molecule has 0 fully saturated rings. The minimum atomic E-state index is -0.174. The number of carbonyl (C=O) groups is 1. The maximum atomic E-state index is 12.3. The van der Waals surface area contributed by atoms with Crippen molar-refractivity contribution in [3.63, 3.8) is 0 Å².